The highest BCUT2D eigenvalue weighted by molar-refractivity contribution is 5.97. The fraction of sp³-hybridized carbons (Fsp3) is 0.622. The summed E-state index contributed by atoms with van der Waals surface area (Å²) in [6.45, 7) is 11.1. The van der Waals surface area contributed by atoms with Crippen LogP contribution in [0.15, 0.2) is 24.3 Å². The van der Waals surface area contributed by atoms with Crippen LogP contribution in [0.25, 0.3) is 0 Å². The SMILES string of the molecule is CC[C@H](C)[C@H](NC(=O)[C@H](CC(C)C)NC(=O)[C@@H](NC(=O)[C@H](Cc1ccc(O)cc1)NC(=O)CN)[C@@H](C)O)C(=O)N[C@@H](CC(=O)O)C(=O)N[C@@H](CC(C)C)C(=O)O. The minimum Gasteiger partial charge on any atom is -0.508 e. The highest BCUT2D eigenvalue weighted by Crippen LogP contribution is 2.14. The number of aliphatic hydroxyl groups excluding tert-OH is 1. The van der Waals surface area contributed by atoms with Crippen molar-refractivity contribution in [2.45, 2.75) is 123 Å². The van der Waals surface area contributed by atoms with E-state index in [0.29, 0.717) is 12.0 Å². The Morgan fingerprint density at radius 3 is 1.57 bits per heavy atom. The monoisotopic (exact) mass is 793 g/mol. The second kappa shape index (κ2) is 23.6. The summed E-state index contributed by atoms with van der Waals surface area (Å²) in [5.41, 5.74) is 5.97. The average molecular weight is 794 g/mol. The van der Waals surface area contributed by atoms with E-state index in [1.165, 1.54) is 31.2 Å². The number of aromatic hydroxyl groups is 1. The molecule has 0 heterocycles. The lowest BCUT2D eigenvalue weighted by Gasteiger charge is -2.30. The predicted molar refractivity (Wildman–Crippen MR) is 202 cm³/mol. The maximum absolute atomic E-state index is 13.8. The number of benzene rings is 1. The first kappa shape index (κ1) is 48.7. The molecule has 1 aromatic carbocycles. The standard InChI is InChI=1S/C37H59N7O12/c1-8-20(6)30(35(53)41-26(16-29(48)49)32(50)42-27(37(55)56)14-19(4)5)43-33(51)24(13-18(2)3)40-36(54)31(21(7)45)44-34(52)25(39-28(47)17-38)15-22-9-11-23(46)12-10-22/h9-12,18-21,24-27,30-31,45-46H,8,13-17,38H2,1-7H3,(H,39,47)(H,40,54)(H,41,53)(H,42,50)(H,43,51)(H,44,52)(H,48,49)(H,55,56)/t20-,21+,24-,25-,26-,27-,30-,31-/m0/s1. The molecule has 12 N–H and O–H groups in total. The quantitative estimate of drug-likeness (QED) is 0.0592. The van der Waals surface area contributed by atoms with Gasteiger partial charge in [0.2, 0.25) is 35.4 Å². The molecule has 0 bridgehead atoms. The topological polar surface area (TPSA) is 316 Å². The normalized spacial score (nSPS) is 15.5. The van der Waals surface area contributed by atoms with Crippen LogP contribution < -0.4 is 37.6 Å². The van der Waals surface area contributed by atoms with Crippen molar-refractivity contribution in [3.8, 4) is 5.75 Å². The number of hydrogen-bond acceptors (Lipinski definition) is 11. The first-order valence-corrected chi connectivity index (χ1v) is 18.5. The molecule has 0 aliphatic heterocycles. The van der Waals surface area contributed by atoms with E-state index in [2.05, 4.69) is 31.9 Å². The fourth-order valence-electron chi connectivity index (χ4n) is 5.52. The zero-order chi connectivity index (χ0) is 42.9. The van der Waals surface area contributed by atoms with Gasteiger partial charge in [0.25, 0.3) is 0 Å². The Labute approximate surface area is 326 Å². The minimum absolute atomic E-state index is 0.0272. The molecule has 0 aliphatic carbocycles. The van der Waals surface area contributed by atoms with Gasteiger partial charge in [0.15, 0.2) is 0 Å². The first-order chi connectivity index (χ1) is 26.1. The summed E-state index contributed by atoms with van der Waals surface area (Å²) in [7, 11) is 0. The van der Waals surface area contributed by atoms with E-state index in [0.717, 1.165) is 0 Å². The van der Waals surface area contributed by atoms with Crippen LogP contribution in [0.4, 0.5) is 0 Å². The number of hydrogen-bond donors (Lipinski definition) is 11. The summed E-state index contributed by atoms with van der Waals surface area (Å²) >= 11 is 0. The molecule has 19 heteroatoms. The van der Waals surface area contributed by atoms with Gasteiger partial charge >= 0.3 is 11.9 Å². The number of rotatable bonds is 24. The lowest BCUT2D eigenvalue weighted by Crippen LogP contribution is -2.62. The van der Waals surface area contributed by atoms with Gasteiger partial charge in [0.1, 0.15) is 42.0 Å². The van der Waals surface area contributed by atoms with Crippen molar-refractivity contribution in [3.63, 3.8) is 0 Å². The maximum Gasteiger partial charge on any atom is 0.326 e. The molecule has 0 fully saturated rings. The van der Waals surface area contributed by atoms with Crippen LogP contribution in [0.5, 0.6) is 5.75 Å². The molecule has 6 amide bonds. The number of aliphatic carboxylic acids is 2. The number of carbonyl (C=O) groups is 8. The summed E-state index contributed by atoms with van der Waals surface area (Å²) in [6.07, 6.45) is -2.08. The average Bonchev–Trinajstić information content (AvgIpc) is 3.10. The van der Waals surface area contributed by atoms with Crippen molar-refractivity contribution in [3.05, 3.63) is 29.8 Å². The molecule has 56 heavy (non-hydrogen) atoms. The summed E-state index contributed by atoms with van der Waals surface area (Å²) in [5, 5.41) is 53.8. The molecule has 1 aromatic rings. The predicted octanol–water partition coefficient (Wildman–Crippen LogP) is -1.12. The molecule has 0 saturated carbocycles. The van der Waals surface area contributed by atoms with Crippen LogP contribution in [0.3, 0.4) is 0 Å². The Balaban J connectivity index is 3.31. The van der Waals surface area contributed by atoms with Gasteiger partial charge in [0.05, 0.1) is 19.1 Å². The van der Waals surface area contributed by atoms with E-state index in [1.54, 1.807) is 41.5 Å². The maximum atomic E-state index is 13.8. The van der Waals surface area contributed by atoms with Crippen molar-refractivity contribution >= 4 is 47.4 Å². The smallest absolute Gasteiger partial charge is 0.326 e. The van der Waals surface area contributed by atoms with E-state index >= 15 is 0 Å². The van der Waals surface area contributed by atoms with E-state index in [-0.39, 0.29) is 36.8 Å². The van der Waals surface area contributed by atoms with Crippen LogP contribution in [-0.2, 0) is 44.8 Å². The molecule has 8 atom stereocenters. The van der Waals surface area contributed by atoms with Crippen molar-refractivity contribution < 1.29 is 58.8 Å². The van der Waals surface area contributed by atoms with E-state index in [9.17, 15) is 58.8 Å². The Kier molecular flexibility index (Phi) is 20.5. The Morgan fingerprint density at radius 2 is 1.09 bits per heavy atom. The van der Waals surface area contributed by atoms with Gasteiger partial charge in [-0.1, -0.05) is 60.1 Å². The molecule has 0 spiro atoms. The van der Waals surface area contributed by atoms with Gasteiger partial charge in [-0.3, -0.25) is 33.6 Å². The Bertz CT molecular complexity index is 1520. The molecule has 0 aliphatic rings. The number of carbonyl (C=O) groups excluding carboxylic acids is 6. The Morgan fingerprint density at radius 1 is 0.625 bits per heavy atom. The lowest BCUT2D eigenvalue weighted by atomic mass is 9.96. The van der Waals surface area contributed by atoms with Gasteiger partial charge in [-0.15, -0.1) is 0 Å². The summed E-state index contributed by atoms with van der Waals surface area (Å²) in [5.74, 6) is -9.12. The number of carboxylic acid groups (broad SMARTS) is 2. The van der Waals surface area contributed by atoms with Gasteiger partial charge in [-0.05, 0) is 55.2 Å². The number of aliphatic hydroxyl groups is 1. The van der Waals surface area contributed by atoms with Gasteiger partial charge < -0.3 is 58.1 Å². The molecule has 0 radical (unpaired) electrons. The molecule has 19 nitrogen and oxygen atoms in total. The summed E-state index contributed by atoms with van der Waals surface area (Å²) in [6, 6.07) is -2.81. The van der Waals surface area contributed by atoms with Crippen molar-refractivity contribution in [1.29, 1.82) is 0 Å². The van der Waals surface area contributed by atoms with Crippen LogP contribution in [-0.4, -0.2) is 117 Å². The Hall–Kier alpha value is -5.30. The van der Waals surface area contributed by atoms with Crippen LogP contribution in [0.2, 0.25) is 0 Å². The number of amides is 6. The number of carboxylic acids is 2. The van der Waals surface area contributed by atoms with Gasteiger partial charge in [0, 0.05) is 6.42 Å². The molecule has 314 valence electrons. The number of phenols is 1. The highest BCUT2D eigenvalue weighted by atomic mass is 16.4. The second-order valence-corrected chi connectivity index (χ2v) is 14.7. The van der Waals surface area contributed by atoms with Crippen molar-refractivity contribution in [1.82, 2.24) is 31.9 Å². The van der Waals surface area contributed by atoms with Gasteiger partial charge in [-0.25, -0.2) is 4.79 Å². The zero-order valence-electron chi connectivity index (χ0n) is 33.0. The fourth-order valence-corrected chi connectivity index (χ4v) is 5.52. The largest absolute Gasteiger partial charge is 0.508 e. The second-order valence-electron chi connectivity index (χ2n) is 14.7. The first-order valence-electron chi connectivity index (χ1n) is 18.5. The molecule has 0 unspecified atom stereocenters. The lowest BCUT2D eigenvalue weighted by molar-refractivity contribution is -0.144. The molecule has 1 rings (SSSR count). The number of phenolic OH excluding ortho intramolecular Hbond substituents is 1. The van der Waals surface area contributed by atoms with Crippen LogP contribution in [0.1, 0.15) is 79.7 Å². The van der Waals surface area contributed by atoms with E-state index < -0.39 is 109 Å². The van der Waals surface area contributed by atoms with Crippen molar-refractivity contribution in [2.75, 3.05) is 6.54 Å². The zero-order valence-corrected chi connectivity index (χ0v) is 33.0. The molecule has 0 saturated heterocycles. The molecular formula is C37H59N7O12. The molecular weight excluding hydrogens is 734 g/mol. The number of nitrogens with one attached hydrogen (secondary N) is 6. The molecule has 0 aromatic heterocycles. The van der Waals surface area contributed by atoms with Gasteiger partial charge in [-0.2, -0.15) is 0 Å². The third kappa shape index (κ3) is 17.0. The third-order valence-corrected chi connectivity index (χ3v) is 8.74. The highest BCUT2D eigenvalue weighted by Gasteiger charge is 2.36. The van der Waals surface area contributed by atoms with Crippen molar-refractivity contribution in [2.24, 2.45) is 23.5 Å². The third-order valence-electron chi connectivity index (χ3n) is 8.74. The van der Waals surface area contributed by atoms with E-state index in [4.69, 9.17) is 5.73 Å². The van der Waals surface area contributed by atoms with E-state index in [1.807, 2.05) is 0 Å². The van der Waals surface area contributed by atoms with Crippen LogP contribution in [0, 0.1) is 17.8 Å². The minimum atomic E-state index is -1.70. The summed E-state index contributed by atoms with van der Waals surface area (Å²) < 4.78 is 0. The number of nitrogens with two attached hydrogens (primary N) is 1. The summed E-state index contributed by atoms with van der Waals surface area (Å²) in [4.78, 5) is 103. The van der Waals surface area contributed by atoms with Crippen LogP contribution >= 0.6 is 0 Å².